The van der Waals surface area contributed by atoms with Crippen molar-refractivity contribution < 1.29 is 9.53 Å². The lowest BCUT2D eigenvalue weighted by atomic mass is 9.97. The minimum Gasteiger partial charge on any atom is -0.383 e. The highest BCUT2D eigenvalue weighted by molar-refractivity contribution is 7.99. The van der Waals surface area contributed by atoms with Gasteiger partial charge in [0.1, 0.15) is 4.83 Å². The lowest BCUT2D eigenvalue weighted by molar-refractivity contribution is -0.118. The second kappa shape index (κ2) is 8.33. The van der Waals surface area contributed by atoms with Gasteiger partial charge in [-0.1, -0.05) is 11.8 Å². The summed E-state index contributed by atoms with van der Waals surface area (Å²) >= 11 is 2.95. The van der Waals surface area contributed by atoms with Gasteiger partial charge in [-0.15, -0.1) is 11.3 Å². The first kappa shape index (κ1) is 18.4. The number of rotatable bonds is 7. The van der Waals surface area contributed by atoms with Gasteiger partial charge in [-0.05, 0) is 38.2 Å². The summed E-state index contributed by atoms with van der Waals surface area (Å²) in [5.41, 5.74) is 1.19. The number of aromatic nitrogens is 2. The van der Waals surface area contributed by atoms with Crippen molar-refractivity contribution in [3.05, 3.63) is 20.8 Å². The molecule has 1 amide bonds. The van der Waals surface area contributed by atoms with E-state index >= 15 is 0 Å². The fourth-order valence-electron chi connectivity index (χ4n) is 3.09. The average molecular weight is 382 g/mol. The van der Waals surface area contributed by atoms with Gasteiger partial charge >= 0.3 is 0 Å². The van der Waals surface area contributed by atoms with E-state index in [4.69, 9.17) is 9.72 Å². The molecule has 2 aromatic heterocycles. The number of methoxy groups -OCH3 is 1. The number of hydrogen-bond donors (Lipinski definition) is 1. The van der Waals surface area contributed by atoms with E-state index in [1.54, 1.807) is 23.0 Å². The lowest BCUT2D eigenvalue weighted by Crippen LogP contribution is -2.27. The molecule has 25 heavy (non-hydrogen) atoms. The molecular formula is C17H23N3O3S2. The first-order chi connectivity index (χ1) is 12.2. The van der Waals surface area contributed by atoms with E-state index < -0.39 is 0 Å². The molecular weight excluding hydrogens is 358 g/mol. The zero-order valence-corrected chi connectivity index (χ0v) is 16.2. The van der Waals surface area contributed by atoms with Crippen LogP contribution in [0.5, 0.6) is 0 Å². The van der Waals surface area contributed by atoms with Crippen LogP contribution in [0.4, 0.5) is 0 Å². The van der Waals surface area contributed by atoms with Crippen molar-refractivity contribution in [2.24, 2.45) is 0 Å². The lowest BCUT2D eigenvalue weighted by Gasteiger charge is -2.13. The molecule has 0 saturated heterocycles. The number of thiophene rings is 1. The van der Waals surface area contributed by atoms with Crippen molar-refractivity contribution in [3.8, 4) is 0 Å². The van der Waals surface area contributed by atoms with Crippen LogP contribution < -0.4 is 10.9 Å². The molecule has 8 heteroatoms. The number of nitrogens with zero attached hydrogens (tertiary/aromatic N) is 2. The van der Waals surface area contributed by atoms with E-state index in [1.807, 2.05) is 6.92 Å². The molecule has 0 radical (unpaired) electrons. The minimum atomic E-state index is -0.0504. The highest BCUT2D eigenvalue weighted by Crippen LogP contribution is 2.34. The number of thioether (sulfide) groups is 1. The smallest absolute Gasteiger partial charge is 0.263 e. The number of nitrogens with one attached hydrogen (secondary N) is 1. The van der Waals surface area contributed by atoms with Gasteiger partial charge in [0.2, 0.25) is 5.91 Å². The summed E-state index contributed by atoms with van der Waals surface area (Å²) in [5, 5.41) is 4.15. The molecule has 0 aliphatic heterocycles. The molecule has 1 aliphatic carbocycles. The van der Waals surface area contributed by atoms with Gasteiger partial charge in [-0.3, -0.25) is 14.2 Å². The predicted molar refractivity (Wildman–Crippen MR) is 102 cm³/mol. The summed E-state index contributed by atoms with van der Waals surface area (Å²) in [6, 6.07) is 0. The van der Waals surface area contributed by atoms with E-state index in [2.05, 4.69) is 5.32 Å². The van der Waals surface area contributed by atoms with Crippen molar-refractivity contribution in [3.63, 3.8) is 0 Å². The third-order valence-electron chi connectivity index (χ3n) is 4.27. The predicted octanol–water partition coefficient (Wildman–Crippen LogP) is 2.21. The van der Waals surface area contributed by atoms with E-state index in [-0.39, 0.29) is 17.2 Å². The number of aryl methyl sites for hydroxylation is 2. The second-order valence-electron chi connectivity index (χ2n) is 5.98. The van der Waals surface area contributed by atoms with Crippen LogP contribution in [-0.4, -0.2) is 41.5 Å². The Kier molecular flexibility index (Phi) is 6.14. The summed E-state index contributed by atoms with van der Waals surface area (Å²) in [5.74, 6) is 0.203. The van der Waals surface area contributed by atoms with Crippen LogP contribution in [0.1, 0.15) is 30.2 Å². The zero-order chi connectivity index (χ0) is 17.8. The minimum absolute atomic E-state index is 0.000139. The molecule has 6 nitrogen and oxygen atoms in total. The fraction of sp³-hybridized carbons (Fsp3) is 0.588. The Morgan fingerprint density at radius 1 is 1.40 bits per heavy atom. The van der Waals surface area contributed by atoms with Crippen molar-refractivity contribution in [2.45, 2.75) is 44.3 Å². The molecule has 136 valence electrons. The fourth-order valence-corrected chi connectivity index (χ4v) is 5.25. The normalized spacial score (nSPS) is 13.8. The summed E-state index contributed by atoms with van der Waals surface area (Å²) in [6.45, 7) is 3.37. The Labute approximate surface area is 155 Å². The maximum Gasteiger partial charge on any atom is 0.263 e. The largest absolute Gasteiger partial charge is 0.383 e. The molecule has 0 aromatic carbocycles. The summed E-state index contributed by atoms with van der Waals surface area (Å²) in [4.78, 5) is 31.7. The molecule has 3 rings (SSSR count). The van der Waals surface area contributed by atoms with Gasteiger partial charge < -0.3 is 10.1 Å². The third-order valence-corrected chi connectivity index (χ3v) is 6.43. The van der Waals surface area contributed by atoms with Crippen molar-refractivity contribution in [1.29, 1.82) is 0 Å². The van der Waals surface area contributed by atoms with Crippen LogP contribution in [0.25, 0.3) is 10.2 Å². The van der Waals surface area contributed by atoms with E-state index in [0.29, 0.717) is 24.9 Å². The third kappa shape index (κ3) is 3.91. The molecule has 2 aromatic rings. The number of carbonyl (C=O) groups is 1. The van der Waals surface area contributed by atoms with Crippen molar-refractivity contribution in [1.82, 2.24) is 14.9 Å². The Morgan fingerprint density at radius 2 is 2.20 bits per heavy atom. The number of hydrogen-bond acceptors (Lipinski definition) is 6. The number of amides is 1. The summed E-state index contributed by atoms with van der Waals surface area (Å²) in [7, 11) is 1.62. The molecule has 0 saturated carbocycles. The van der Waals surface area contributed by atoms with Crippen LogP contribution in [0, 0.1) is 0 Å². The van der Waals surface area contributed by atoms with Gasteiger partial charge in [0.25, 0.3) is 5.56 Å². The van der Waals surface area contributed by atoms with Crippen LogP contribution in [-0.2, 0) is 28.9 Å². The molecule has 0 atom stereocenters. The van der Waals surface area contributed by atoms with Gasteiger partial charge in [0.05, 0.1) is 24.3 Å². The first-order valence-corrected chi connectivity index (χ1v) is 10.4. The molecule has 0 fully saturated rings. The molecule has 1 aliphatic rings. The quantitative estimate of drug-likeness (QED) is 0.588. The Bertz CT molecular complexity index is 829. The maximum absolute atomic E-state index is 13.1. The van der Waals surface area contributed by atoms with Crippen LogP contribution in [0.2, 0.25) is 0 Å². The van der Waals surface area contributed by atoms with E-state index in [0.717, 1.165) is 29.5 Å². The SMILES string of the molecule is CCNC(=O)CSc1nc2sc3c(c2c(=O)n1CCOC)CCCC3. The second-order valence-corrected chi connectivity index (χ2v) is 8.00. The number of fused-ring (bicyclic) bond motifs is 3. The van der Waals surface area contributed by atoms with E-state index in [9.17, 15) is 9.59 Å². The van der Waals surface area contributed by atoms with Crippen LogP contribution in [0.15, 0.2) is 9.95 Å². The zero-order valence-electron chi connectivity index (χ0n) is 14.6. The monoisotopic (exact) mass is 381 g/mol. The molecule has 0 bridgehead atoms. The van der Waals surface area contributed by atoms with Gasteiger partial charge in [0, 0.05) is 18.5 Å². The van der Waals surface area contributed by atoms with Gasteiger partial charge in [-0.2, -0.15) is 0 Å². The van der Waals surface area contributed by atoms with Crippen molar-refractivity contribution in [2.75, 3.05) is 26.0 Å². The Morgan fingerprint density at radius 3 is 2.96 bits per heavy atom. The molecule has 1 N–H and O–H groups in total. The Balaban J connectivity index is 2.01. The number of ether oxygens (including phenoxy) is 1. The van der Waals surface area contributed by atoms with E-state index in [1.165, 1.54) is 28.6 Å². The van der Waals surface area contributed by atoms with Crippen LogP contribution >= 0.6 is 23.1 Å². The standard InChI is InChI=1S/C17H23N3O3S2/c1-3-18-13(21)10-24-17-19-15-14(16(22)20(17)8-9-23-2)11-6-4-5-7-12(11)25-15/h3-10H2,1-2H3,(H,18,21). The summed E-state index contributed by atoms with van der Waals surface area (Å²) < 4.78 is 6.82. The molecule has 0 unspecified atom stereocenters. The van der Waals surface area contributed by atoms with Gasteiger partial charge in [0.15, 0.2) is 5.16 Å². The topological polar surface area (TPSA) is 73.2 Å². The highest BCUT2D eigenvalue weighted by Gasteiger charge is 2.22. The van der Waals surface area contributed by atoms with Gasteiger partial charge in [-0.25, -0.2) is 4.98 Å². The first-order valence-electron chi connectivity index (χ1n) is 8.59. The van der Waals surface area contributed by atoms with Crippen molar-refractivity contribution >= 4 is 39.2 Å². The number of carbonyl (C=O) groups excluding carboxylic acids is 1. The van der Waals surface area contributed by atoms with Crippen LogP contribution in [0.3, 0.4) is 0 Å². The molecule has 0 spiro atoms. The maximum atomic E-state index is 13.1. The summed E-state index contributed by atoms with van der Waals surface area (Å²) in [6.07, 6.45) is 4.30. The Hall–Kier alpha value is -1.38. The highest BCUT2D eigenvalue weighted by atomic mass is 32.2. The average Bonchev–Trinajstić information content (AvgIpc) is 2.98. The molecule has 2 heterocycles.